The third kappa shape index (κ3) is 3.89. The molecule has 1 aliphatic heterocycles. The molecule has 0 amide bonds. The van der Waals surface area contributed by atoms with E-state index in [2.05, 4.69) is 42.3 Å². The first-order chi connectivity index (χ1) is 10.7. The summed E-state index contributed by atoms with van der Waals surface area (Å²) in [7, 11) is 2.14. The van der Waals surface area contributed by atoms with Crippen molar-refractivity contribution >= 4 is 11.6 Å². The summed E-state index contributed by atoms with van der Waals surface area (Å²) in [5.41, 5.74) is 3.54. The first kappa shape index (κ1) is 15.5. The molecule has 0 aliphatic carbocycles. The van der Waals surface area contributed by atoms with Crippen LogP contribution in [0.25, 0.3) is 11.1 Å². The highest BCUT2D eigenvalue weighted by atomic mass is 35.5. The van der Waals surface area contributed by atoms with E-state index in [-0.39, 0.29) is 6.23 Å². The van der Waals surface area contributed by atoms with Gasteiger partial charge in [-0.1, -0.05) is 48.0 Å². The van der Waals surface area contributed by atoms with Crippen LogP contribution in [0.5, 0.6) is 0 Å². The maximum atomic E-state index is 6.05. The minimum atomic E-state index is 0.265. The van der Waals surface area contributed by atoms with Crippen LogP contribution >= 0.6 is 11.6 Å². The van der Waals surface area contributed by atoms with E-state index in [4.69, 9.17) is 16.3 Å². The molecule has 2 aromatic carbocycles. The Morgan fingerprint density at radius 1 is 1.09 bits per heavy atom. The molecule has 0 radical (unpaired) electrons. The van der Waals surface area contributed by atoms with E-state index in [0.29, 0.717) is 6.61 Å². The predicted molar refractivity (Wildman–Crippen MR) is 91.9 cm³/mol. The number of likely N-dealkylation sites (tertiary alicyclic amines) is 1. The summed E-state index contributed by atoms with van der Waals surface area (Å²) >= 11 is 6.05. The maximum absolute atomic E-state index is 6.05. The number of halogens is 1. The van der Waals surface area contributed by atoms with Gasteiger partial charge in [-0.15, -0.1) is 0 Å². The molecule has 0 spiro atoms. The summed E-state index contributed by atoms with van der Waals surface area (Å²) in [5, 5.41) is 0.769. The number of piperidine rings is 1. The Hall–Kier alpha value is -1.35. The van der Waals surface area contributed by atoms with Crippen molar-refractivity contribution in [3.8, 4) is 11.1 Å². The van der Waals surface area contributed by atoms with Crippen LogP contribution in [0.1, 0.15) is 24.8 Å². The van der Waals surface area contributed by atoms with Gasteiger partial charge in [-0.2, -0.15) is 0 Å². The number of hydrogen-bond acceptors (Lipinski definition) is 2. The maximum Gasteiger partial charge on any atom is 0.110 e. The molecule has 0 aromatic heterocycles. The van der Waals surface area contributed by atoms with Crippen LogP contribution in [0.3, 0.4) is 0 Å². The number of nitrogens with zero attached hydrogens (tertiary/aromatic N) is 1. The summed E-state index contributed by atoms with van der Waals surface area (Å²) < 4.78 is 6.05. The van der Waals surface area contributed by atoms with Crippen molar-refractivity contribution < 1.29 is 4.74 Å². The van der Waals surface area contributed by atoms with Gasteiger partial charge in [0.2, 0.25) is 0 Å². The van der Waals surface area contributed by atoms with E-state index in [1.165, 1.54) is 24.0 Å². The van der Waals surface area contributed by atoms with E-state index in [1.54, 1.807) is 0 Å². The second-order valence-electron chi connectivity index (χ2n) is 5.95. The second kappa shape index (κ2) is 7.28. The van der Waals surface area contributed by atoms with Crippen LogP contribution in [0.4, 0.5) is 0 Å². The highest BCUT2D eigenvalue weighted by Gasteiger charge is 2.18. The zero-order valence-corrected chi connectivity index (χ0v) is 13.7. The Morgan fingerprint density at radius 3 is 2.64 bits per heavy atom. The highest BCUT2D eigenvalue weighted by Crippen LogP contribution is 2.24. The quantitative estimate of drug-likeness (QED) is 0.790. The molecular weight excluding hydrogens is 294 g/mol. The Kier molecular flexibility index (Phi) is 5.14. The fraction of sp³-hybridized carbons (Fsp3) is 0.368. The zero-order valence-electron chi connectivity index (χ0n) is 13.0. The molecule has 0 bridgehead atoms. The Morgan fingerprint density at radius 2 is 1.91 bits per heavy atom. The van der Waals surface area contributed by atoms with Crippen molar-refractivity contribution in [1.29, 1.82) is 0 Å². The third-order valence-corrected chi connectivity index (χ3v) is 4.49. The van der Waals surface area contributed by atoms with E-state index in [9.17, 15) is 0 Å². The zero-order chi connectivity index (χ0) is 15.4. The first-order valence-corrected chi connectivity index (χ1v) is 8.27. The van der Waals surface area contributed by atoms with E-state index < -0.39 is 0 Å². The van der Waals surface area contributed by atoms with Gasteiger partial charge in [-0.3, -0.25) is 4.90 Å². The molecule has 116 valence electrons. The number of rotatable bonds is 4. The minimum Gasteiger partial charge on any atom is -0.358 e. The topological polar surface area (TPSA) is 12.5 Å². The van der Waals surface area contributed by atoms with Crippen LogP contribution < -0.4 is 0 Å². The smallest absolute Gasteiger partial charge is 0.110 e. The average molecular weight is 316 g/mol. The van der Waals surface area contributed by atoms with Crippen molar-refractivity contribution in [3.63, 3.8) is 0 Å². The fourth-order valence-electron chi connectivity index (χ4n) is 2.91. The van der Waals surface area contributed by atoms with Gasteiger partial charge in [-0.25, -0.2) is 0 Å². The molecule has 22 heavy (non-hydrogen) atoms. The molecule has 3 rings (SSSR count). The van der Waals surface area contributed by atoms with Gasteiger partial charge in [-0.05, 0) is 55.1 Å². The van der Waals surface area contributed by atoms with Crippen molar-refractivity contribution in [1.82, 2.24) is 4.90 Å². The Balaban J connectivity index is 1.62. The molecule has 1 unspecified atom stereocenters. The van der Waals surface area contributed by atoms with Gasteiger partial charge < -0.3 is 4.74 Å². The number of benzene rings is 2. The molecular formula is C19H22ClNO. The summed E-state index contributed by atoms with van der Waals surface area (Å²) in [6.45, 7) is 1.81. The molecule has 1 fully saturated rings. The first-order valence-electron chi connectivity index (χ1n) is 7.89. The number of hydrogen-bond donors (Lipinski definition) is 0. The van der Waals surface area contributed by atoms with Gasteiger partial charge >= 0.3 is 0 Å². The summed E-state index contributed by atoms with van der Waals surface area (Å²) in [6, 6.07) is 16.5. The van der Waals surface area contributed by atoms with Crippen LogP contribution in [0.2, 0.25) is 5.02 Å². The lowest BCUT2D eigenvalue weighted by molar-refractivity contribution is -0.0761. The fourth-order valence-corrected chi connectivity index (χ4v) is 3.10. The van der Waals surface area contributed by atoms with Crippen molar-refractivity contribution in [2.75, 3.05) is 13.6 Å². The third-order valence-electron chi connectivity index (χ3n) is 4.26. The molecule has 2 aromatic rings. The summed E-state index contributed by atoms with van der Waals surface area (Å²) in [4.78, 5) is 2.31. The predicted octanol–water partition coefficient (Wildman–Crippen LogP) is 4.97. The van der Waals surface area contributed by atoms with Gasteiger partial charge in [0.1, 0.15) is 6.23 Å². The van der Waals surface area contributed by atoms with Gasteiger partial charge in [0, 0.05) is 11.6 Å². The summed E-state index contributed by atoms with van der Waals surface area (Å²) in [5.74, 6) is 0. The van der Waals surface area contributed by atoms with Gasteiger partial charge in [0.05, 0.1) is 6.61 Å². The minimum absolute atomic E-state index is 0.265. The highest BCUT2D eigenvalue weighted by molar-refractivity contribution is 6.30. The molecule has 1 saturated heterocycles. The Labute approximate surface area is 137 Å². The monoisotopic (exact) mass is 315 g/mol. The average Bonchev–Trinajstić information content (AvgIpc) is 2.55. The van der Waals surface area contributed by atoms with Gasteiger partial charge in [0.25, 0.3) is 0 Å². The van der Waals surface area contributed by atoms with Crippen LogP contribution in [0, 0.1) is 0 Å². The van der Waals surface area contributed by atoms with E-state index in [0.717, 1.165) is 23.6 Å². The van der Waals surface area contributed by atoms with E-state index in [1.807, 2.05) is 18.2 Å². The van der Waals surface area contributed by atoms with Crippen molar-refractivity contribution in [3.05, 3.63) is 59.1 Å². The normalized spacial score (nSPS) is 19.3. The van der Waals surface area contributed by atoms with Gasteiger partial charge in [0.15, 0.2) is 0 Å². The molecule has 1 heterocycles. The second-order valence-corrected chi connectivity index (χ2v) is 6.39. The SMILES string of the molecule is CN1CCCCC1OCc1ccc(-c2cccc(Cl)c2)cc1. The molecule has 1 aliphatic rings. The van der Waals surface area contributed by atoms with E-state index >= 15 is 0 Å². The Bertz CT molecular complexity index is 611. The molecule has 2 nitrogen and oxygen atoms in total. The molecule has 3 heteroatoms. The van der Waals surface area contributed by atoms with Crippen LogP contribution in [0.15, 0.2) is 48.5 Å². The lowest BCUT2D eigenvalue weighted by Gasteiger charge is -2.32. The van der Waals surface area contributed by atoms with Crippen LogP contribution in [-0.4, -0.2) is 24.7 Å². The van der Waals surface area contributed by atoms with Crippen LogP contribution in [-0.2, 0) is 11.3 Å². The lowest BCUT2D eigenvalue weighted by Crippen LogP contribution is -2.37. The molecule has 0 N–H and O–H groups in total. The van der Waals surface area contributed by atoms with Crippen molar-refractivity contribution in [2.45, 2.75) is 32.1 Å². The summed E-state index contributed by atoms with van der Waals surface area (Å²) in [6.07, 6.45) is 3.95. The molecule has 0 saturated carbocycles. The number of ether oxygens (including phenoxy) is 1. The molecule has 1 atom stereocenters. The standard InChI is InChI=1S/C19H22ClNO/c1-21-12-3-2-7-19(21)22-14-15-8-10-16(11-9-15)17-5-4-6-18(20)13-17/h4-6,8-11,13,19H,2-3,7,12,14H2,1H3. The lowest BCUT2D eigenvalue weighted by atomic mass is 10.0. The largest absolute Gasteiger partial charge is 0.358 e. The van der Waals surface area contributed by atoms with Crippen molar-refractivity contribution in [2.24, 2.45) is 0 Å².